The van der Waals surface area contributed by atoms with Gasteiger partial charge in [0.25, 0.3) is 5.91 Å². The molecule has 1 aliphatic heterocycles. The number of fused-ring (bicyclic) bond motifs is 1. The molecular formula is C19H21N3O5. The van der Waals surface area contributed by atoms with Crippen molar-refractivity contribution >= 4 is 17.8 Å². The van der Waals surface area contributed by atoms with Gasteiger partial charge in [0.15, 0.2) is 11.5 Å². The van der Waals surface area contributed by atoms with Crippen LogP contribution in [0.3, 0.4) is 0 Å². The Morgan fingerprint density at radius 3 is 2.85 bits per heavy atom. The summed E-state index contributed by atoms with van der Waals surface area (Å²) in [6, 6.07) is 10.2. The van der Waals surface area contributed by atoms with Crippen LogP contribution in [0.15, 0.2) is 41.5 Å². The number of phenols is 1. The first-order valence-corrected chi connectivity index (χ1v) is 8.46. The Bertz CT molecular complexity index is 851. The minimum atomic E-state index is -0.330. The fourth-order valence-electron chi connectivity index (χ4n) is 2.38. The van der Waals surface area contributed by atoms with E-state index in [1.807, 2.05) is 13.8 Å². The number of hydrazone groups is 1. The van der Waals surface area contributed by atoms with Crippen LogP contribution in [0.25, 0.3) is 0 Å². The number of carbonyl (C=O) groups excluding carboxylic acids is 1. The third kappa shape index (κ3) is 5.04. The van der Waals surface area contributed by atoms with E-state index in [2.05, 4.69) is 15.8 Å². The molecule has 0 spiro atoms. The number of carbonyl (C=O) groups is 1. The number of nitrogens with one attached hydrogen (secondary N) is 2. The smallest absolute Gasteiger partial charge is 0.259 e. The van der Waals surface area contributed by atoms with Gasteiger partial charge in [0.05, 0.1) is 18.9 Å². The van der Waals surface area contributed by atoms with E-state index in [4.69, 9.17) is 14.2 Å². The molecule has 3 N–H and O–H groups in total. The standard InChI is InChI=1S/C19H21N3O5/c1-12(2)27-15-5-3-13(16(23)8-15)9-21-22-19(24)10-20-14-4-6-17-18(7-14)26-11-25-17/h3-9,12,20,23H,10-11H2,1-2H3,(H,22,24). The molecule has 0 radical (unpaired) electrons. The second kappa shape index (κ2) is 8.31. The average Bonchev–Trinajstić information content (AvgIpc) is 3.09. The zero-order valence-electron chi connectivity index (χ0n) is 15.1. The molecule has 0 aliphatic carbocycles. The van der Waals surface area contributed by atoms with Crippen molar-refractivity contribution in [1.82, 2.24) is 5.43 Å². The Kier molecular flexibility index (Phi) is 5.65. The molecule has 2 aromatic carbocycles. The largest absolute Gasteiger partial charge is 0.507 e. The highest BCUT2D eigenvalue weighted by Crippen LogP contribution is 2.34. The van der Waals surface area contributed by atoms with Crippen LogP contribution < -0.4 is 25.0 Å². The van der Waals surface area contributed by atoms with Gasteiger partial charge in [-0.1, -0.05) is 0 Å². The minimum absolute atomic E-state index is 0.0143. The van der Waals surface area contributed by atoms with E-state index in [9.17, 15) is 9.90 Å². The monoisotopic (exact) mass is 371 g/mol. The second-order valence-electron chi connectivity index (χ2n) is 6.10. The molecule has 0 saturated carbocycles. The lowest BCUT2D eigenvalue weighted by atomic mass is 10.2. The highest BCUT2D eigenvalue weighted by molar-refractivity contribution is 5.86. The third-order valence-electron chi connectivity index (χ3n) is 3.59. The van der Waals surface area contributed by atoms with E-state index < -0.39 is 0 Å². The van der Waals surface area contributed by atoms with Crippen molar-refractivity contribution in [3.05, 3.63) is 42.0 Å². The zero-order chi connectivity index (χ0) is 19.2. The van der Waals surface area contributed by atoms with Gasteiger partial charge in [-0.3, -0.25) is 4.79 Å². The summed E-state index contributed by atoms with van der Waals surface area (Å²) >= 11 is 0. The maximum atomic E-state index is 11.9. The summed E-state index contributed by atoms with van der Waals surface area (Å²) < 4.78 is 16.0. The van der Waals surface area contributed by atoms with Gasteiger partial charge >= 0.3 is 0 Å². The van der Waals surface area contributed by atoms with Crippen molar-refractivity contribution < 1.29 is 24.1 Å². The molecule has 8 nitrogen and oxygen atoms in total. The second-order valence-corrected chi connectivity index (χ2v) is 6.10. The van der Waals surface area contributed by atoms with Crippen molar-refractivity contribution in [3.8, 4) is 23.0 Å². The summed E-state index contributed by atoms with van der Waals surface area (Å²) in [6.07, 6.45) is 1.38. The number of amides is 1. The summed E-state index contributed by atoms with van der Waals surface area (Å²) in [4.78, 5) is 11.9. The van der Waals surface area contributed by atoms with Crippen molar-refractivity contribution in [2.24, 2.45) is 5.10 Å². The molecule has 0 unspecified atom stereocenters. The number of hydrogen-bond acceptors (Lipinski definition) is 7. The molecule has 1 aliphatic rings. The molecule has 1 amide bonds. The van der Waals surface area contributed by atoms with Crippen LogP contribution in [0.4, 0.5) is 5.69 Å². The first-order valence-electron chi connectivity index (χ1n) is 8.46. The normalized spacial score (nSPS) is 12.4. The Labute approximate surface area is 156 Å². The number of phenolic OH excluding ortho intramolecular Hbond substituents is 1. The van der Waals surface area contributed by atoms with Crippen molar-refractivity contribution in [2.75, 3.05) is 18.7 Å². The topological polar surface area (TPSA) is 101 Å². The lowest BCUT2D eigenvalue weighted by molar-refractivity contribution is -0.119. The number of nitrogens with zero attached hydrogens (tertiary/aromatic N) is 1. The van der Waals surface area contributed by atoms with E-state index >= 15 is 0 Å². The average molecular weight is 371 g/mol. The van der Waals surface area contributed by atoms with Crippen LogP contribution in [-0.4, -0.2) is 36.7 Å². The first kappa shape index (κ1) is 18.4. The van der Waals surface area contributed by atoms with Crippen LogP contribution in [0.2, 0.25) is 0 Å². The minimum Gasteiger partial charge on any atom is -0.507 e. The molecule has 0 bridgehead atoms. The van der Waals surface area contributed by atoms with Gasteiger partial charge in [-0.05, 0) is 38.1 Å². The van der Waals surface area contributed by atoms with Crippen LogP contribution in [0.5, 0.6) is 23.0 Å². The highest BCUT2D eigenvalue weighted by atomic mass is 16.7. The summed E-state index contributed by atoms with van der Waals surface area (Å²) in [5, 5.41) is 16.8. The third-order valence-corrected chi connectivity index (χ3v) is 3.59. The molecule has 0 fully saturated rings. The van der Waals surface area contributed by atoms with E-state index in [1.165, 1.54) is 12.3 Å². The molecule has 142 valence electrons. The summed E-state index contributed by atoms with van der Waals surface area (Å²) in [6.45, 7) is 4.04. The summed E-state index contributed by atoms with van der Waals surface area (Å²) in [5.74, 6) is 1.57. The van der Waals surface area contributed by atoms with E-state index in [-0.39, 0.29) is 31.1 Å². The number of aromatic hydroxyl groups is 1. The van der Waals surface area contributed by atoms with Gasteiger partial charge in [0, 0.05) is 23.4 Å². The van der Waals surface area contributed by atoms with Crippen LogP contribution in [0, 0.1) is 0 Å². The zero-order valence-corrected chi connectivity index (χ0v) is 15.1. The van der Waals surface area contributed by atoms with Crippen LogP contribution in [-0.2, 0) is 4.79 Å². The quantitative estimate of drug-likeness (QED) is 0.511. The predicted octanol–water partition coefficient (Wildman–Crippen LogP) is 2.47. The lowest BCUT2D eigenvalue weighted by Crippen LogP contribution is -2.25. The maximum absolute atomic E-state index is 11.9. The molecule has 0 atom stereocenters. The molecule has 2 aromatic rings. The van der Waals surface area contributed by atoms with Crippen LogP contribution in [0.1, 0.15) is 19.4 Å². The molecule has 0 aromatic heterocycles. The van der Waals surface area contributed by atoms with Crippen LogP contribution >= 0.6 is 0 Å². The van der Waals surface area contributed by atoms with Gasteiger partial charge < -0.3 is 24.6 Å². The molecule has 1 heterocycles. The molecule has 27 heavy (non-hydrogen) atoms. The Balaban J connectivity index is 1.48. The van der Waals surface area contributed by atoms with Gasteiger partial charge in [0.2, 0.25) is 6.79 Å². The number of anilines is 1. The van der Waals surface area contributed by atoms with Gasteiger partial charge in [-0.25, -0.2) is 5.43 Å². The Hall–Kier alpha value is -3.42. The van der Waals surface area contributed by atoms with Crippen molar-refractivity contribution in [1.29, 1.82) is 0 Å². The van der Waals surface area contributed by atoms with Gasteiger partial charge in [0.1, 0.15) is 11.5 Å². The van der Waals surface area contributed by atoms with E-state index in [0.717, 1.165) is 5.69 Å². The summed E-state index contributed by atoms with van der Waals surface area (Å²) in [5.41, 5.74) is 3.60. The van der Waals surface area contributed by atoms with E-state index in [1.54, 1.807) is 30.3 Å². The fourth-order valence-corrected chi connectivity index (χ4v) is 2.38. The number of ether oxygens (including phenoxy) is 3. The lowest BCUT2D eigenvalue weighted by Gasteiger charge is -2.10. The van der Waals surface area contributed by atoms with E-state index in [0.29, 0.717) is 22.8 Å². The Morgan fingerprint density at radius 2 is 2.07 bits per heavy atom. The number of rotatable bonds is 7. The summed E-state index contributed by atoms with van der Waals surface area (Å²) in [7, 11) is 0. The van der Waals surface area contributed by atoms with Gasteiger partial charge in [-0.2, -0.15) is 5.10 Å². The molecule has 0 saturated heterocycles. The number of hydrogen-bond donors (Lipinski definition) is 3. The van der Waals surface area contributed by atoms with Crippen molar-refractivity contribution in [3.63, 3.8) is 0 Å². The SMILES string of the molecule is CC(C)Oc1ccc(C=NNC(=O)CNc2ccc3c(c2)OCO3)c(O)c1. The highest BCUT2D eigenvalue weighted by Gasteiger charge is 2.13. The van der Waals surface area contributed by atoms with Gasteiger partial charge in [-0.15, -0.1) is 0 Å². The maximum Gasteiger partial charge on any atom is 0.259 e. The Morgan fingerprint density at radius 1 is 1.26 bits per heavy atom. The van der Waals surface area contributed by atoms with Crippen molar-refractivity contribution in [2.45, 2.75) is 20.0 Å². The fraction of sp³-hybridized carbons (Fsp3) is 0.263. The molecule has 3 rings (SSSR count). The molecule has 8 heteroatoms. The predicted molar refractivity (Wildman–Crippen MR) is 101 cm³/mol. The first-order chi connectivity index (χ1) is 13.0. The number of benzene rings is 2. The molecular weight excluding hydrogens is 350 g/mol.